The van der Waals surface area contributed by atoms with Crippen LogP contribution in [0.4, 0.5) is 11.4 Å². The molecule has 0 fully saturated rings. The van der Waals surface area contributed by atoms with Gasteiger partial charge in [-0.05, 0) is 99.8 Å². The predicted molar refractivity (Wildman–Crippen MR) is 292 cm³/mol. The number of pyridine rings is 1. The van der Waals surface area contributed by atoms with Gasteiger partial charge in [-0.3, -0.25) is 0 Å². The number of allylic oxidation sites excluding steroid dienone is 2. The average Bonchev–Trinajstić information content (AvgIpc) is 3.86. The molecule has 0 aliphatic carbocycles. The number of benzene rings is 7. The quantitative estimate of drug-likeness (QED) is 0.121. The largest absolute Gasteiger partial charge is 0.509 e. The van der Waals surface area contributed by atoms with Crippen LogP contribution in [0.15, 0.2) is 181 Å². The fourth-order valence-corrected chi connectivity index (χ4v) is 10.1. The second-order valence-corrected chi connectivity index (χ2v) is 21.3. The molecule has 0 N–H and O–H groups in total. The molecule has 0 saturated carbocycles. The van der Waals surface area contributed by atoms with Crippen LogP contribution >= 0.6 is 0 Å². The first-order valence-corrected chi connectivity index (χ1v) is 24.6. The van der Waals surface area contributed by atoms with E-state index in [0.29, 0.717) is 17.4 Å². The molecule has 1 aliphatic heterocycles. The summed E-state index contributed by atoms with van der Waals surface area (Å²) in [5, 5.41) is 2.23. The number of aromatic nitrogens is 2. The molecule has 0 bridgehead atoms. The fraction of sp³-hybridized carbons (Fsp3) is 0.231. The van der Waals surface area contributed by atoms with Crippen LogP contribution in [0.3, 0.4) is 0 Å². The van der Waals surface area contributed by atoms with Crippen molar-refractivity contribution >= 4 is 33.2 Å². The minimum absolute atomic E-state index is 0. The first-order valence-electron chi connectivity index (χ1n) is 24.6. The molecule has 6 heteroatoms. The Morgan fingerprint density at radius 3 is 1.80 bits per heavy atom. The summed E-state index contributed by atoms with van der Waals surface area (Å²) < 4.78 is 9.18. The van der Waals surface area contributed by atoms with Crippen LogP contribution in [-0.4, -0.2) is 9.55 Å². The van der Waals surface area contributed by atoms with E-state index in [2.05, 4.69) is 267 Å². The zero-order valence-electron chi connectivity index (χ0n) is 42.8. The summed E-state index contributed by atoms with van der Waals surface area (Å²) in [7, 11) is 0. The zero-order chi connectivity index (χ0) is 49.1. The molecule has 0 spiro atoms. The Labute approximate surface area is 436 Å². The summed E-state index contributed by atoms with van der Waals surface area (Å²) in [6.07, 6.45) is 1.91. The van der Waals surface area contributed by atoms with Gasteiger partial charge >= 0.3 is 0 Å². The van der Waals surface area contributed by atoms with Crippen molar-refractivity contribution in [2.45, 2.75) is 98.3 Å². The second kappa shape index (κ2) is 19.1. The SMILES string of the molecule is CC1=C(C)N(c2cc(C(C)(C)c3ccccc3)cc(C(C)(C)c3ccccc3)c2)[CH-]N1c1[c-]c(Oc2[c-]c3c(cc2)c2ccccc2n3-c2cc(C(C)(C)C)ccn2)cc(-c2ccccc2C(C)C)c1.[Pt]. The van der Waals surface area contributed by atoms with E-state index in [1.165, 1.54) is 38.9 Å². The van der Waals surface area contributed by atoms with E-state index in [-0.39, 0.29) is 37.3 Å². The van der Waals surface area contributed by atoms with Crippen LogP contribution in [-0.2, 0) is 37.3 Å². The summed E-state index contributed by atoms with van der Waals surface area (Å²) in [6.45, 7) is 27.2. The van der Waals surface area contributed by atoms with Gasteiger partial charge in [0.2, 0.25) is 0 Å². The molecule has 10 rings (SSSR count). The molecule has 2 aromatic heterocycles. The van der Waals surface area contributed by atoms with Crippen LogP contribution in [0.2, 0.25) is 0 Å². The maximum Gasteiger partial charge on any atom is 0.135 e. The number of hydrogen-bond acceptors (Lipinski definition) is 4. The van der Waals surface area contributed by atoms with Crippen molar-refractivity contribution in [1.29, 1.82) is 0 Å². The van der Waals surface area contributed by atoms with Crippen LogP contribution in [0, 0.1) is 18.8 Å². The summed E-state index contributed by atoms with van der Waals surface area (Å²) in [6, 6.07) is 66.4. The third kappa shape index (κ3) is 9.26. The van der Waals surface area contributed by atoms with E-state index in [9.17, 15) is 0 Å². The number of para-hydroxylation sites is 1. The van der Waals surface area contributed by atoms with Crippen molar-refractivity contribution < 1.29 is 25.8 Å². The van der Waals surface area contributed by atoms with Crippen molar-refractivity contribution in [3.63, 3.8) is 0 Å². The van der Waals surface area contributed by atoms with Crippen molar-refractivity contribution in [3.05, 3.63) is 234 Å². The molecule has 3 heterocycles. The van der Waals surface area contributed by atoms with Crippen LogP contribution in [0.5, 0.6) is 11.5 Å². The number of ether oxygens (including phenoxy) is 1. The van der Waals surface area contributed by atoms with Crippen LogP contribution < -0.4 is 14.5 Å². The number of hydrogen-bond donors (Lipinski definition) is 0. The summed E-state index contributed by atoms with van der Waals surface area (Å²) in [5.74, 6) is 2.37. The number of nitrogens with zero attached hydrogens (tertiary/aromatic N) is 4. The van der Waals surface area contributed by atoms with Gasteiger partial charge in [0, 0.05) is 72.2 Å². The molecular weight excluding hydrogens is 1050 g/mol. The first-order chi connectivity index (χ1) is 33.5. The molecule has 0 atom stereocenters. The van der Waals surface area contributed by atoms with Gasteiger partial charge in [-0.25, -0.2) is 4.98 Å². The standard InChI is InChI=1S/C65H63N4O.Pt/c1-43(2)56-26-18-19-27-57(56)46-34-52(40-55(35-46)70-54-30-31-59-58-28-20-21-29-60(58)69(61(59)41-54)62-39-49(32-33-66-62)63(5,6)7)67-42-68(45(4)44(67)3)53-37-50(64(8,9)47-22-14-12-15-23-47)36-51(38-53)65(10,11)48-24-16-13-17-25-48;/h12-39,42-43H,1-11H3;/q-3;. The van der Waals surface area contributed by atoms with Gasteiger partial charge in [0.1, 0.15) is 5.82 Å². The van der Waals surface area contributed by atoms with Gasteiger partial charge in [-0.1, -0.05) is 177 Å². The molecule has 362 valence electrons. The summed E-state index contributed by atoms with van der Waals surface area (Å²) in [4.78, 5) is 9.52. The molecule has 0 amide bonds. The van der Waals surface area contributed by atoms with E-state index in [4.69, 9.17) is 9.72 Å². The van der Waals surface area contributed by atoms with Crippen molar-refractivity contribution in [2.75, 3.05) is 9.80 Å². The molecule has 9 aromatic rings. The van der Waals surface area contributed by atoms with Crippen LogP contribution in [0.25, 0.3) is 38.8 Å². The maximum atomic E-state index is 6.96. The van der Waals surface area contributed by atoms with E-state index >= 15 is 0 Å². The Bertz CT molecular complexity index is 3360. The van der Waals surface area contributed by atoms with Crippen LogP contribution in [0.1, 0.15) is 115 Å². The summed E-state index contributed by atoms with van der Waals surface area (Å²) in [5.41, 5.74) is 15.4. The van der Waals surface area contributed by atoms with Gasteiger partial charge in [0.05, 0.1) is 0 Å². The number of fused-ring (bicyclic) bond motifs is 3. The number of anilines is 2. The third-order valence-electron chi connectivity index (χ3n) is 14.7. The topological polar surface area (TPSA) is 33.5 Å². The fourth-order valence-electron chi connectivity index (χ4n) is 10.1. The molecule has 0 unspecified atom stereocenters. The zero-order valence-corrected chi connectivity index (χ0v) is 45.1. The Morgan fingerprint density at radius 2 is 1.15 bits per heavy atom. The number of rotatable bonds is 11. The van der Waals surface area contributed by atoms with Crippen molar-refractivity contribution in [2.24, 2.45) is 0 Å². The van der Waals surface area contributed by atoms with E-state index in [1.54, 1.807) is 0 Å². The Balaban J connectivity index is 0.00000624. The van der Waals surface area contributed by atoms with Gasteiger partial charge in [-0.2, -0.15) is 6.07 Å². The van der Waals surface area contributed by atoms with E-state index < -0.39 is 0 Å². The monoisotopic (exact) mass is 1110 g/mol. The smallest absolute Gasteiger partial charge is 0.135 e. The molecular formula is C65H63N4OPt-3. The predicted octanol–water partition coefficient (Wildman–Crippen LogP) is 17.0. The normalized spacial score (nSPS) is 13.4. The molecule has 71 heavy (non-hydrogen) atoms. The van der Waals surface area contributed by atoms with E-state index in [1.807, 2.05) is 12.3 Å². The average molecular weight is 1110 g/mol. The molecule has 1 aliphatic rings. The second-order valence-electron chi connectivity index (χ2n) is 21.3. The Hall–Kier alpha value is -6.68. The summed E-state index contributed by atoms with van der Waals surface area (Å²) >= 11 is 0. The van der Waals surface area contributed by atoms with Crippen molar-refractivity contribution in [3.8, 4) is 28.4 Å². The Morgan fingerprint density at radius 1 is 0.549 bits per heavy atom. The first kappa shape index (κ1) is 49.3. The molecule has 0 radical (unpaired) electrons. The van der Waals surface area contributed by atoms with Gasteiger partial charge in [0.15, 0.2) is 0 Å². The van der Waals surface area contributed by atoms with Gasteiger partial charge < -0.3 is 19.1 Å². The molecule has 5 nitrogen and oxygen atoms in total. The molecule has 7 aromatic carbocycles. The molecule has 0 saturated heterocycles. The third-order valence-corrected chi connectivity index (χ3v) is 14.7. The minimum atomic E-state index is -0.260. The Kier molecular flexibility index (Phi) is 13.3. The maximum absolute atomic E-state index is 6.96. The van der Waals surface area contributed by atoms with Crippen molar-refractivity contribution in [1.82, 2.24) is 9.55 Å². The van der Waals surface area contributed by atoms with E-state index in [0.717, 1.165) is 56.0 Å². The van der Waals surface area contributed by atoms with Gasteiger partial charge in [-0.15, -0.1) is 53.6 Å². The van der Waals surface area contributed by atoms with Gasteiger partial charge in [0.25, 0.3) is 0 Å². The minimum Gasteiger partial charge on any atom is -0.509 e.